The lowest BCUT2D eigenvalue weighted by Gasteiger charge is -2.15. The maximum atomic E-state index is 11.7. The van der Waals surface area contributed by atoms with E-state index in [0.29, 0.717) is 5.56 Å². The van der Waals surface area contributed by atoms with Crippen molar-refractivity contribution in [3.8, 4) is 0 Å². The van der Waals surface area contributed by atoms with Gasteiger partial charge in [0.2, 0.25) is 0 Å². The highest BCUT2D eigenvalue weighted by molar-refractivity contribution is 7.81. The number of thiol groups is 1. The number of hydrogen-bond donors (Lipinski definition) is 2. The maximum Gasteiger partial charge on any atom is 0.414 e. The lowest BCUT2D eigenvalue weighted by atomic mass is 10.2. The largest absolute Gasteiger partial charge is 0.445 e. The number of benzene rings is 1. The lowest BCUT2D eigenvalue weighted by Crippen LogP contribution is -2.35. The first-order chi connectivity index (χ1) is 8.66. The van der Waals surface area contributed by atoms with Crippen molar-refractivity contribution in [1.82, 2.24) is 5.32 Å². The fourth-order valence-electron chi connectivity index (χ4n) is 1.97. The minimum atomic E-state index is -0.699. The van der Waals surface area contributed by atoms with Crippen LogP contribution in [0, 0.1) is 0 Å². The van der Waals surface area contributed by atoms with Gasteiger partial charge in [0.1, 0.15) is 6.10 Å². The third kappa shape index (κ3) is 3.26. The van der Waals surface area contributed by atoms with E-state index in [1.165, 1.54) is 0 Å². The second kappa shape index (κ2) is 5.91. The number of carbonyl (C=O) groups is 2. The summed E-state index contributed by atoms with van der Waals surface area (Å²) in [6, 6.07) is 8.56. The van der Waals surface area contributed by atoms with Gasteiger partial charge in [-0.1, -0.05) is 18.2 Å². The standard InChI is InChI=1S/C13H15NO3S/c15-12(9-5-2-1-3-6-9)14-13(16)17-10-7-4-8-11(10)18/h1-3,5-6,10-11,18H,4,7-8H2,(H,14,15,16)/t10-,11+/m0/s1. The number of rotatable bonds is 2. The van der Waals surface area contributed by atoms with E-state index >= 15 is 0 Å². The monoisotopic (exact) mass is 265 g/mol. The van der Waals surface area contributed by atoms with Gasteiger partial charge in [0.25, 0.3) is 5.91 Å². The summed E-state index contributed by atoms with van der Waals surface area (Å²) in [5, 5.41) is 2.28. The second-order valence-electron chi connectivity index (χ2n) is 4.26. The topological polar surface area (TPSA) is 55.4 Å². The fraction of sp³-hybridized carbons (Fsp3) is 0.385. The first-order valence-electron chi connectivity index (χ1n) is 5.92. The molecule has 0 bridgehead atoms. The van der Waals surface area contributed by atoms with Crippen LogP contribution in [0.5, 0.6) is 0 Å². The van der Waals surface area contributed by atoms with Gasteiger partial charge < -0.3 is 4.74 Å². The van der Waals surface area contributed by atoms with Crippen molar-refractivity contribution in [2.45, 2.75) is 30.6 Å². The normalized spacial score (nSPS) is 22.5. The van der Waals surface area contributed by atoms with Crippen LogP contribution in [0.25, 0.3) is 0 Å². The molecule has 96 valence electrons. The first kappa shape index (κ1) is 13.0. The summed E-state index contributed by atoms with van der Waals surface area (Å²) >= 11 is 4.33. The van der Waals surface area contributed by atoms with Crippen LogP contribution in [-0.4, -0.2) is 23.4 Å². The fourth-order valence-corrected chi connectivity index (χ4v) is 2.36. The maximum absolute atomic E-state index is 11.7. The Morgan fingerprint density at radius 3 is 2.56 bits per heavy atom. The third-order valence-electron chi connectivity index (χ3n) is 2.93. The van der Waals surface area contributed by atoms with E-state index in [9.17, 15) is 9.59 Å². The zero-order valence-corrected chi connectivity index (χ0v) is 10.7. The minimum Gasteiger partial charge on any atom is -0.445 e. The SMILES string of the molecule is O=C(NC(=O)c1ccccc1)O[C@H]1CCC[C@H]1S. The molecule has 1 fully saturated rings. The molecule has 0 aromatic heterocycles. The Morgan fingerprint density at radius 2 is 1.94 bits per heavy atom. The molecule has 5 heteroatoms. The van der Waals surface area contributed by atoms with Crippen molar-refractivity contribution in [3.63, 3.8) is 0 Å². The van der Waals surface area contributed by atoms with Crippen LogP contribution in [0.4, 0.5) is 4.79 Å². The highest BCUT2D eigenvalue weighted by Crippen LogP contribution is 2.26. The van der Waals surface area contributed by atoms with Crippen LogP contribution < -0.4 is 5.32 Å². The van der Waals surface area contributed by atoms with E-state index < -0.39 is 12.0 Å². The van der Waals surface area contributed by atoms with Crippen molar-refractivity contribution in [2.75, 3.05) is 0 Å². The summed E-state index contributed by atoms with van der Waals surface area (Å²) in [7, 11) is 0. The van der Waals surface area contributed by atoms with Gasteiger partial charge in [0.15, 0.2) is 0 Å². The minimum absolute atomic E-state index is 0.0718. The average Bonchev–Trinajstić information content (AvgIpc) is 2.76. The summed E-state index contributed by atoms with van der Waals surface area (Å²) in [6.45, 7) is 0. The highest BCUT2D eigenvalue weighted by Gasteiger charge is 2.28. The molecule has 1 aromatic carbocycles. The molecule has 1 saturated carbocycles. The molecule has 1 aliphatic rings. The molecule has 1 N–H and O–H groups in total. The van der Waals surface area contributed by atoms with Gasteiger partial charge in [-0.3, -0.25) is 10.1 Å². The van der Waals surface area contributed by atoms with Gasteiger partial charge in [-0.15, -0.1) is 0 Å². The molecule has 2 amide bonds. The molecule has 0 heterocycles. The van der Waals surface area contributed by atoms with Crippen LogP contribution in [0.3, 0.4) is 0 Å². The van der Waals surface area contributed by atoms with Crippen LogP contribution >= 0.6 is 12.6 Å². The van der Waals surface area contributed by atoms with Gasteiger partial charge in [-0.2, -0.15) is 12.6 Å². The predicted molar refractivity (Wildman–Crippen MR) is 70.8 cm³/mol. The Labute approximate surface area is 111 Å². The molecule has 0 spiro atoms. The lowest BCUT2D eigenvalue weighted by molar-refractivity contribution is 0.0843. The predicted octanol–water partition coefficient (Wildman–Crippen LogP) is 2.40. The zero-order valence-electron chi connectivity index (χ0n) is 9.83. The van der Waals surface area contributed by atoms with Crippen LogP contribution in [0.1, 0.15) is 29.6 Å². The molecule has 0 radical (unpaired) electrons. The van der Waals surface area contributed by atoms with Crippen molar-refractivity contribution >= 4 is 24.6 Å². The number of imide groups is 1. The van der Waals surface area contributed by atoms with E-state index in [1.54, 1.807) is 30.3 Å². The molecule has 0 unspecified atom stereocenters. The summed E-state index contributed by atoms with van der Waals surface area (Å²) in [6.07, 6.45) is 1.85. The molecule has 18 heavy (non-hydrogen) atoms. The number of amides is 2. The van der Waals surface area contributed by atoms with Crippen molar-refractivity contribution < 1.29 is 14.3 Å². The van der Waals surface area contributed by atoms with E-state index in [-0.39, 0.29) is 11.4 Å². The zero-order chi connectivity index (χ0) is 13.0. The highest BCUT2D eigenvalue weighted by atomic mass is 32.1. The third-order valence-corrected chi connectivity index (χ3v) is 3.52. The smallest absolute Gasteiger partial charge is 0.414 e. The van der Waals surface area contributed by atoms with Crippen LogP contribution in [0.2, 0.25) is 0 Å². The van der Waals surface area contributed by atoms with Gasteiger partial charge in [0, 0.05) is 10.8 Å². The summed E-state index contributed by atoms with van der Waals surface area (Å²) < 4.78 is 5.17. The Kier molecular flexibility index (Phi) is 4.25. The van der Waals surface area contributed by atoms with Gasteiger partial charge in [-0.25, -0.2) is 4.79 Å². The molecule has 1 aliphatic carbocycles. The van der Waals surface area contributed by atoms with Crippen LogP contribution in [0.15, 0.2) is 30.3 Å². The molecule has 1 aromatic rings. The number of carbonyl (C=O) groups excluding carboxylic acids is 2. The molecule has 2 rings (SSSR count). The van der Waals surface area contributed by atoms with Gasteiger partial charge >= 0.3 is 6.09 Å². The van der Waals surface area contributed by atoms with E-state index in [4.69, 9.17) is 4.74 Å². The Balaban J connectivity index is 1.86. The first-order valence-corrected chi connectivity index (χ1v) is 6.43. The molecular formula is C13H15NO3S. The number of alkyl carbamates (subject to hydrolysis) is 1. The Morgan fingerprint density at radius 1 is 1.22 bits per heavy atom. The Hall–Kier alpha value is -1.49. The van der Waals surface area contributed by atoms with E-state index in [0.717, 1.165) is 19.3 Å². The van der Waals surface area contributed by atoms with Gasteiger partial charge in [-0.05, 0) is 31.4 Å². The second-order valence-corrected chi connectivity index (χ2v) is 4.93. The molecule has 4 nitrogen and oxygen atoms in total. The van der Waals surface area contributed by atoms with Gasteiger partial charge in [0.05, 0.1) is 0 Å². The average molecular weight is 265 g/mol. The van der Waals surface area contributed by atoms with Crippen LogP contribution in [-0.2, 0) is 4.74 Å². The number of nitrogens with one attached hydrogen (secondary N) is 1. The van der Waals surface area contributed by atoms with Crippen molar-refractivity contribution in [1.29, 1.82) is 0 Å². The number of hydrogen-bond acceptors (Lipinski definition) is 4. The number of ether oxygens (including phenoxy) is 1. The quantitative estimate of drug-likeness (QED) is 0.807. The molecule has 0 aliphatic heterocycles. The van der Waals surface area contributed by atoms with E-state index in [1.807, 2.05) is 0 Å². The molecule has 2 atom stereocenters. The Bertz CT molecular complexity index is 435. The summed E-state index contributed by atoms with van der Waals surface area (Å²) in [5.74, 6) is -0.450. The summed E-state index contributed by atoms with van der Waals surface area (Å²) in [4.78, 5) is 23.2. The molecule has 0 saturated heterocycles. The van der Waals surface area contributed by atoms with E-state index in [2.05, 4.69) is 17.9 Å². The molecular weight excluding hydrogens is 250 g/mol. The van der Waals surface area contributed by atoms with Crippen molar-refractivity contribution in [2.24, 2.45) is 0 Å². The van der Waals surface area contributed by atoms with Crippen molar-refractivity contribution in [3.05, 3.63) is 35.9 Å². The summed E-state index contributed by atoms with van der Waals surface area (Å²) in [5.41, 5.74) is 0.434.